The summed E-state index contributed by atoms with van der Waals surface area (Å²) in [6.45, 7) is 2.14. The average Bonchev–Trinajstić information content (AvgIpc) is 2.48. The maximum Gasteiger partial charge on any atom is 0.118 e. The molecule has 1 atom stereocenters. The molecule has 0 aliphatic carbocycles. The van der Waals surface area contributed by atoms with E-state index >= 15 is 0 Å². The van der Waals surface area contributed by atoms with Gasteiger partial charge in [-0.05, 0) is 35.2 Å². The summed E-state index contributed by atoms with van der Waals surface area (Å²) in [4.78, 5) is 0. The van der Waals surface area contributed by atoms with Crippen LogP contribution in [0, 0.1) is 0 Å². The van der Waals surface area contributed by atoms with Gasteiger partial charge < -0.3 is 9.84 Å². The smallest absolute Gasteiger partial charge is 0.118 e. The van der Waals surface area contributed by atoms with Gasteiger partial charge in [0.25, 0.3) is 0 Å². The van der Waals surface area contributed by atoms with E-state index in [4.69, 9.17) is 4.74 Å². The van der Waals surface area contributed by atoms with Crippen molar-refractivity contribution < 1.29 is 9.84 Å². The first-order valence-electron chi connectivity index (χ1n) is 6.62. The first kappa shape index (κ1) is 13.6. The van der Waals surface area contributed by atoms with Crippen LogP contribution in [0.5, 0.6) is 5.75 Å². The van der Waals surface area contributed by atoms with Crippen molar-refractivity contribution in [3.63, 3.8) is 0 Å². The molecule has 0 fully saturated rings. The van der Waals surface area contributed by atoms with E-state index in [1.165, 1.54) is 5.56 Å². The van der Waals surface area contributed by atoms with Crippen molar-refractivity contribution in [1.82, 2.24) is 0 Å². The van der Waals surface area contributed by atoms with Crippen molar-refractivity contribution in [2.45, 2.75) is 25.9 Å². The summed E-state index contributed by atoms with van der Waals surface area (Å²) in [6.07, 6.45) is 1.20. The Morgan fingerprint density at radius 3 is 2.05 bits per heavy atom. The van der Waals surface area contributed by atoms with Gasteiger partial charge in [0.05, 0.1) is 13.2 Å². The van der Waals surface area contributed by atoms with Crippen LogP contribution >= 0.6 is 0 Å². The molecule has 19 heavy (non-hydrogen) atoms. The van der Waals surface area contributed by atoms with Gasteiger partial charge in [0.2, 0.25) is 0 Å². The number of aryl methyl sites for hydroxylation is 1. The second-order valence-electron chi connectivity index (χ2n) is 4.66. The number of methoxy groups -OCH3 is 1. The fourth-order valence-electron chi connectivity index (χ4n) is 2.08. The highest BCUT2D eigenvalue weighted by molar-refractivity contribution is 5.30. The zero-order valence-corrected chi connectivity index (χ0v) is 11.5. The second kappa shape index (κ2) is 6.39. The molecule has 0 saturated heterocycles. The molecule has 0 amide bonds. The van der Waals surface area contributed by atoms with Crippen LogP contribution in [0.25, 0.3) is 0 Å². The summed E-state index contributed by atoms with van der Waals surface area (Å²) >= 11 is 0. The van der Waals surface area contributed by atoms with Crippen molar-refractivity contribution in [2.24, 2.45) is 0 Å². The number of aliphatic hydroxyl groups is 1. The Hall–Kier alpha value is -1.80. The van der Waals surface area contributed by atoms with Gasteiger partial charge in [-0.3, -0.25) is 0 Å². The molecule has 1 N–H and O–H groups in total. The van der Waals surface area contributed by atoms with E-state index in [9.17, 15) is 5.11 Å². The van der Waals surface area contributed by atoms with Crippen LogP contribution < -0.4 is 4.74 Å². The lowest BCUT2D eigenvalue weighted by atomic mass is 10.00. The summed E-state index contributed by atoms with van der Waals surface area (Å²) in [6, 6.07) is 16.0. The lowest BCUT2D eigenvalue weighted by Gasteiger charge is -2.12. The lowest BCUT2D eigenvalue weighted by molar-refractivity contribution is 0.178. The third-order valence-corrected chi connectivity index (χ3v) is 3.36. The van der Waals surface area contributed by atoms with E-state index in [-0.39, 0.29) is 0 Å². The minimum absolute atomic E-state index is 0.474. The molecule has 0 bridgehead atoms. The Labute approximate surface area is 114 Å². The molecule has 0 aliphatic heterocycles. The van der Waals surface area contributed by atoms with Gasteiger partial charge >= 0.3 is 0 Å². The number of hydrogen-bond acceptors (Lipinski definition) is 2. The Kier molecular flexibility index (Phi) is 4.58. The number of benzene rings is 2. The molecular weight excluding hydrogens is 236 g/mol. The van der Waals surface area contributed by atoms with Gasteiger partial charge in [-0.15, -0.1) is 0 Å². The summed E-state index contributed by atoms with van der Waals surface area (Å²) in [5.41, 5.74) is 3.39. The molecular formula is C17H20O2. The van der Waals surface area contributed by atoms with E-state index in [0.29, 0.717) is 6.42 Å². The van der Waals surface area contributed by atoms with Crippen molar-refractivity contribution in [3.8, 4) is 5.75 Å². The first-order chi connectivity index (χ1) is 9.22. The van der Waals surface area contributed by atoms with Crippen LogP contribution in [0.2, 0.25) is 0 Å². The van der Waals surface area contributed by atoms with Crippen LogP contribution in [0.15, 0.2) is 48.5 Å². The SMILES string of the molecule is CCc1ccc(CC(O)c2ccc(OC)cc2)cc1. The monoisotopic (exact) mass is 256 g/mol. The van der Waals surface area contributed by atoms with Gasteiger partial charge in [-0.25, -0.2) is 0 Å². The topological polar surface area (TPSA) is 29.5 Å². The van der Waals surface area contributed by atoms with Crippen LogP contribution in [-0.2, 0) is 12.8 Å². The van der Waals surface area contributed by atoms with E-state index in [0.717, 1.165) is 23.3 Å². The zero-order valence-electron chi connectivity index (χ0n) is 11.5. The lowest BCUT2D eigenvalue weighted by Crippen LogP contribution is -2.01. The third kappa shape index (κ3) is 3.58. The fraction of sp³-hybridized carbons (Fsp3) is 0.294. The minimum Gasteiger partial charge on any atom is -0.497 e. The molecule has 2 rings (SSSR count). The van der Waals surface area contributed by atoms with Crippen LogP contribution in [-0.4, -0.2) is 12.2 Å². The average molecular weight is 256 g/mol. The second-order valence-corrected chi connectivity index (χ2v) is 4.66. The quantitative estimate of drug-likeness (QED) is 0.886. The molecule has 0 aliphatic rings. The number of aliphatic hydroxyl groups excluding tert-OH is 1. The predicted octanol–water partition coefficient (Wildman–Crippen LogP) is 3.53. The molecule has 2 nitrogen and oxygen atoms in total. The Morgan fingerprint density at radius 1 is 0.947 bits per heavy atom. The van der Waals surface area contributed by atoms with E-state index in [2.05, 4.69) is 31.2 Å². The van der Waals surface area contributed by atoms with Crippen LogP contribution in [0.3, 0.4) is 0 Å². The summed E-state index contributed by atoms with van der Waals surface area (Å²) in [5.74, 6) is 0.809. The molecule has 2 aromatic carbocycles. The van der Waals surface area contributed by atoms with Crippen molar-refractivity contribution in [3.05, 3.63) is 65.2 Å². The zero-order chi connectivity index (χ0) is 13.7. The highest BCUT2D eigenvalue weighted by Crippen LogP contribution is 2.21. The van der Waals surface area contributed by atoms with E-state index in [1.54, 1.807) is 7.11 Å². The van der Waals surface area contributed by atoms with Gasteiger partial charge in [0, 0.05) is 6.42 Å². The molecule has 2 aromatic rings. The molecule has 0 heterocycles. The molecule has 0 radical (unpaired) electrons. The van der Waals surface area contributed by atoms with E-state index < -0.39 is 6.10 Å². The molecule has 0 aromatic heterocycles. The molecule has 100 valence electrons. The van der Waals surface area contributed by atoms with Crippen molar-refractivity contribution >= 4 is 0 Å². The van der Waals surface area contributed by atoms with Gasteiger partial charge in [0.1, 0.15) is 5.75 Å². The standard InChI is InChI=1S/C17H20O2/c1-3-13-4-6-14(7-5-13)12-17(18)15-8-10-16(19-2)11-9-15/h4-11,17-18H,3,12H2,1-2H3. The van der Waals surface area contributed by atoms with Gasteiger partial charge in [0.15, 0.2) is 0 Å². The highest BCUT2D eigenvalue weighted by Gasteiger charge is 2.08. The predicted molar refractivity (Wildman–Crippen MR) is 77.5 cm³/mol. The first-order valence-corrected chi connectivity index (χ1v) is 6.62. The number of rotatable bonds is 5. The maximum absolute atomic E-state index is 10.2. The Morgan fingerprint density at radius 2 is 1.53 bits per heavy atom. The van der Waals surface area contributed by atoms with E-state index in [1.807, 2.05) is 24.3 Å². The molecule has 0 saturated carbocycles. The van der Waals surface area contributed by atoms with Crippen LogP contribution in [0.4, 0.5) is 0 Å². The normalized spacial score (nSPS) is 12.2. The molecule has 2 heteroatoms. The Balaban J connectivity index is 2.04. The highest BCUT2D eigenvalue weighted by atomic mass is 16.5. The minimum atomic E-state index is -0.474. The van der Waals surface area contributed by atoms with Gasteiger partial charge in [-0.1, -0.05) is 43.3 Å². The van der Waals surface area contributed by atoms with Gasteiger partial charge in [-0.2, -0.15) is 0 Å². The van der Waals surface area contributed by atoms with Crippen molar-refractivity contribution in [1.29, 1.82) is 0 Å². The fourth-order valence-corrected chi connectivity index (χ4v) is 2.08. The molecule has 0 spiro atoms. The summed E-state index contributed by atoms with van der Waals surface area (Å²) in [5, 5.41) is 10.2. The number of hydrogen-bond donors (Lipinski definition) is 1. The molecule has 1 unspecified atom stereocenters. The third-order valence-electron chi connectivity index (χ3n) is 3.36. The van der Waals surface area contributed by atoms with Crippen LogP contribution in [0.1, 0.15) is 29.7 Å². The summed E-state index contributed by atoms with van der Waals surface area (Å²) in [7, 11) is 1.64. The summed E-state index contributed by atoms with van der Waals surface area (Å²) < 4.78 is 5.11. The van der Waals surface area contributed by atoms with Crippen molar-refractivity contribution in [2.75, 3.05) is 7.11 Å². The number of ether oxygens (including phenoxy) is 1. The Bertz CT molecular complexity index is 500. The largest absolute Gasteiger partial charge is 0.497 e. The maximum atomic E-state index is 10.2.